The number of aryl methyl sites for hydroxylation is 1. The Balaban J connectivity index is 2.50. The Morgan fingerprint density at radius 1 is 1.19 bits per heavy atom. The van der Waals surface area contributed by atoms with Gasteiger partial charge >= 0.3 is 0 Å². The fraction of sp³-hybridized carbons (Fsp3) is 0.0625. The predicted octanol–water partition coefficient (Wildman–Crippen LogP) is 3.47. The fourth-order valence-corrected chi connectivity index (χ4v) is 2.92. The third-order valence-corrected chi connectivity index (χ3v) is 4.56. The van der Waals surface area contributed by atoms with Gasteiger partial charge in [0.15, 0.2) is 0 Å². The average Bonchev–Trinajstić information content (AvgIpc) is 2.45. The monoisotopic (exact) mass is 301 g/mol. The molecule has 0 N–H and O–H groups in total. The highest BCUT2D eigenvalue weighted by atomic mass is 32.2. The molecule has 0 spiro atoms. The number of allylic oxidation sites excluding steroid dienone is 1. The minimum absolute atomic E-state index is 0.0392. The molecule has 0 radical (unpaired) electrons. The average molecular weight is 301 g/mol. The van der Waals surface area contributed by atoms with Gasteiger partial charge in [-0.15, -0.1) is 0 Å². The normalized spacial score (nSPS) is 12.0. The molecule has 0 saturated carbocycles. The van der Waals surface area contributed by atoms with Crippen LogP contribution in [0.25, 0.3) is 6.08 Å². The second-order valence-corrected chi connectivity index (χ2v) is 6.41. The van der Waals surface area contributed by atoms with Crippen molar-refractivity contribution < 1.29 is 12.8 Å². The van der Waals surface area contributed by atoms with Gasteiger partial charge in [-0.05, 0) is 42.8 Å². The van der Waals surface area contributed by atoms with Crippen LogP contribution in [0.1, 0.15) is 11.1 Å². The second kappa shape index (κ2) is 5.90. The SMILES string of the molecule is Cc1ccc(S(=O)(=O)/C(C#N)=C\c2cccc(F)c2)cc1. The minimum Gasteiger partial charge on any atom is -0.218 e. The van der Waals surface area contributed by atoms with Crippen LogP contribution in [0.15, 0.2) is 58.3 Å². The zero-order valence-electron chi connectivity index (χ0n) is 11.2. The van der Waals surface area contributed by atoms with Gasteiger partial charge in [0.2, 0.25) is 9.84 Å². The van der Waals surface area contributed by atoms with Gasteiger partial charge in [-0.1, -0.05) is 29.8 Å². The van der Waals surface area contributed by atoms with Crippen molar-refractivity contribution in [1.82, 2.24) is 0 Å². The van der Waals surface area contributed by atoms with Crippen molar-refractivity contribution in [1.29, 1.82) is 5.26 Å². The van der Waals surface area contributed by atoms with Crippen molar-refractivity contribution in [2.24, 2.45) is 0 Å². The lowest BCUT2D eigenvalue weighted by atomic mass is 10.2. The molecule has 2 aromatic carbocycles. The van der Waals surface area contributed by atoms with Gasteiger partial charge in [0.25, 0.3) is 0 Å². The van der Waals surface area contributed by atoms with E-state index < -0.39 is 20.6 Å². The van der Waals surface area contributed by atoms with E-state index in [-0.39, 0.29) is 4.90 Å². The van der Waals surface area contributed by atoms with E-state index in [9.17, 15) is 12.8 Å². The van der Waals surface area contributed by atoms with Gasteiger partial charge < -0.3 is 0 Å². The second-order valence-electron chi connectivity index (χ2n) is 4.49. The molecule has 0 bridgehead atoms. The molecule has 2 rings (SSSR count). The molecular formula is C16H12FNO2S. The van der Waals surface area contributed by atoms with Gasteiger partial charge in [0.1, 0.15) is 16.8 Å². The van der Waals surface area contributed by atoms with Gasteiger partial charge in [-0.25, -0.2) is 12.8 Å². The van der Waals surface area contributed by atoms with Crippen LogP contribution in [0.5, 0.6) is 0 Å². The molecule has 0 aliphatic heterocycles. The van der Waals surface area contributed by atoms with Crippen LogP contribution in [-0.4, -0.2) is 8.42 Å². The molecule has 0 heterocycles. The quantitative estimate of drug-likeness (QED) is 0.816. The molecule has 0 unspecified atom stereocenters. The van der Waals surface area contributed by atoms with Crippen LogP contribution >= 0.6 is 0 Å². The molecule has 0 amide bonds. The van der Waals surface area contributed by atoms with Crippen LogP contribution in [-0.2, 0) is 9.84 Å². The standard InChI is InChI=1S/C16H12FNO2S/c1-12-5-7-15(8-6-12)21(19,20)16(11-18)10-13-3-2-4-14(17)9-13/h2-10H,1H3/b16-10-. The summed E-state index contributed by atoms with van der Waals surface area (Å²) in [4.78, 5) is -0.380. The zero-order chi connectivity index (χ0) is 15.5. The van der Waals surface area contributed by atoms with Crippen LogP contribution in [0.2, 0.25) is 0 Å². The first-order chi connectivity index (χ1) is 9.93. The Hall–Kier alpha value is -2.45. The summed E-state index contributed by atoms with van der Waals surface area (Å²) in [7, 11) is -3.90. The van der Waals surface area contributed by atoms with Crippen LogP contribution < -0.4 is 0 Å². The Kier molecular flexibility index (Phi) is 4.20. The lowest BCUT2D eigenvalue weighted by Gasteiger charge is -2.04. The maximum Gasteiger partial charge on any atom is 0.216 e. The van der Waals surface area contributed by atoms with Crippen molar-refractivity contribution in [3.8, 4) is 6.07 Å². The summed E-state index contributed by atoms with van der Waals surface area (Å²) in [5.41, 5.74) is 1.24. The highest BCUT2D eigenvalue weighted by Gasteiger charge is 2.20. The van der Waals surface area contributed by atoms with E-state index in [1.54, 1.807) is 18.2 Å². The molecule has 0 aliphatic carbocycles. The van der Waals surface area contributed by atoms with Gasteiger partial charge in [-0.3, -0.25) is 0 Å². The summed E-state index contributed by atoms with van der Waals surface area (Å²) in [6.07, 6.45) is 1.16. The van der Waals surface area contributed by atoms with Crippen LogP contribution in [0, 0.1) is 24.1 Å². The first kappa shape index (κ1) is 14.9. The highest BCUT2D eigenvalue weighted by molar-refractivity contribution is 7.95. The Labute approximate surface area is 122 Å². The van der Waals surface area contributed by atoms with E-state index in [1.165, 1.54) is 36.4 Å². The Bertz CT molecular complexity index is 831. The molecule has 0 aromatic heterocycles. The van der Waals surface area contributed by atoms with Crippen LogP contribution in [0.4, 0.5) is 4.39 Å². The lowest BCUT2D eigenvalue weighted by molar-refractivity contribution is 0.603. The summed E-state index contributed by atoms with van der Waals surface area (Å²) in [5, 5.41) is 9.12. The van der Waals surface area contributed by atoms with Crippen molar-refractivity contribution in [3.05, 3.63) is 70.4 Å². The van der Waals surface area contributed by atoms with Gasteiger partial charge in [0, 0.05) is 0 Å². The summed E-state index contributed by atoms with van der Waals surface area (Å²) in [6, 6.07) is 13.3. The first-order valence-corrected chi connectivity index (χ1v) is 7.61. The number of rotatable bonds is 3. The van der Waals surface area contributed by atoms with E-state index >= 15 is 0 Å². The van der Waals surface area contributed by atoms with Gasteiger partial charge in [0.05, 0.1) is 4.90 Å². The fourth-order valence-electron chi connectivity index (χ4n) is 1.76. The zero-order valence-corrected chi connectivity index (χ0v) is 12.1. The van der Waals surface area contributed by atoms with Crippen molar-refractivity contribution in [2.45, 2.75) is 11.8 Å². The lowest BCUT2D eigenvalue weighted by Crippen LogP contribution is -2.03. The maximum absolute atomic E-state index is 13.1. The molecule has 5 heteroatoms. The number of hydrogen-bond acceptors (Lipinski definition) is 3. The van der Waals surface area contributed by atoms with E-state index in [0.29, 0.717) is 5.56 Å². The number of nitriles is 1. The molecule has 2 aromatic rings. The van der Waals surface area contributed by atoms with E-state index in [2.05, 4.69) is 0 Å². The third-order valence-electron chi connectivity index (χ3n) is 2.88. The number of benzene rings is 2. The number of sulfone groups is 1. The van der Waals surface area contributed by atoms with E-state index in [1.807, 2.05) is 6.92 Å². The molecule has 106 valence electrons. The molecule has 3 nitrogen and oxygen atoms in total. The minimum atomic E-state index is -3.90. The largest absolute Gasteiger partial charge is 0.218 e. The molecule has 0 aliphatic rings. The van der Waals surface area contributed by atoms with Crippen molar-refractivity contribution in [2.75, 3.05) is 0 Å². The summed E-state index contributed by atoms with van der Waals surface area (Å²) < 4.78 is 37.9. The predicted molar refractivity (Wildman–Crippen MR) is 78.4 cm³/mol. The molecule has 0 saturated heterocycles. The molecule has 21 heavy (non-hydrogen) atoms. The third kappa shape index (κ3) is 3.36. The van der Waals surface area contributed by atoms with Crippen molar-refractivity contribution in [3.63, 3.8) is 0 Å². The highest BCUT2D eigenvalue weighted by Crippen LogP contribution is 2.21. The van der Waals surface area contributed by atoms with Crippen molar-refractivity contribution >= 4 is 15.9 Å². The van der Waals surface area contributed by atoms with Gasteiger partial charge in [-0.2, -0.15) is 5.26 Å². The smallest absolute Gasteiger partial charge is 0.216 e. The first-order valence-electron chi connectivity index (χ1n) is 6.12. The van der Waals surface area contributed by atoms with E-state index in [4.69, 9.17) is 5.26 Å². The topological polar surface area (TPSA) is 57.9 Å². The summed E-state index contributed by atoms with van der Waals surface area (Å²) >= 11 is 0. The van der Waals surface area contributed by atoms with E-state index in [0.717, 1.165) is 11.6 Å². The number of nitrogens with zero attached hydrogens (tertiary/aromatic N) is 1. The number of halogens is 1. The Morgan fingerprint density at radius 2 is 1.86 bits per heavy atom. The maximum atomic E-state index is 13.1. The summed E-state index contributed by atoms with van der Waals surface area (Å²) in [5.74, 6) is -0.492. The summed E-state index contributed by atoms with van der Waals surface area (Å²) in [6.45, 7) is 1.84. The Morgan fingerprint density at radius 3 is 2.43 bits per heavy atom. The molecule has 0 fully saturated rings. The van der Waals surface area contributed by atoms with Crippen LogP contribution in [0.3, 0.4) is 0 Å². The number of hydrogen-bond donors (Lipinski definition) is 0. The molecular weight excluding hydrogens is 289 g/mol. The molecule has 0 atom stereocenters.